The maximum absolute atomic E-state index is 13.9. The number of hydrogen-bond acceptors (Lipinski definition) is 8. The molecule has 0 saturated heterocycles. The minimum absolute atomic E-state index is 0.237. The topological polar surface area (TPSA) is 101 Å². The van der Waals surface area contributed by atoms with Crippen molar-refractivity contribution in [3.8, 4) is 0 Å². The molecule has 0 spiro atoms. The molecule has 12 heteroatoms. The van der Waals surface area contributed by atoms with E-state index in [-0.39, 0.29) is 12.4 Å². The number of nitrogens with one attached hydrogen (secondary N) is 2. The summed E-state index contributed by atoms with van der Waals surface area (Å²) < 4.78 is 31.2. The van der Waals surface area contributed by atoms with Crippen molar-refractivity contribution in [2.75, 3.05) is 32.5 Å². The Morgan fingerprint density at radius 1 is 1.11 bits per heavy atom. The van der Waals surface area contributed by atoms with E-state index in [1.165, 1.54) is 6.07 Å². The molecule has 9 nitrogen and oxygen atoms in total. The van der Waals surface area contributed by atoms with Crippen LogP contribution in [0.5, 0.6) is 0 Å². The van der Waals surface area contributed by atoms with Gasteiger partial charge in [0, 0.05) is 52.4 Å². The summed E-state index contributed by atoms with van der Waals surface area (Å²) in [5.41, 5.74) is 3.06. The highest BCUT2D eigenvalue weighted by Crippen LogP contribution is 2.27. The second-order valence-corrected chi connectivity index (χ2v) is 11.1. The lowest BCUT2D eigenvalue weighted by atomic mass is 10.3. The average Bonchev–Trinajstić information content (AvgIpc) is 3.43. The van der Waals surface area contributed by atoms with Crippen molar-refractivity contribution in [3.63, 3.8) is 0 Å². The molecule has 0 saturated carbocycles. The summed E-state index contributed by atoms with van der Waals surface area (Å²) in [6, 6.07) is 4.90. The normalized spacial score (nSPS) is 12.5. The SMILES string of the molecule is CCc1nc(CCNCCc2nc3c(NCc4ncccc4F)nccc3s2)n(S(=O)N(C)C)c1C. The van der Waals surface area contributed by atoms with E-state index in [9.17, 15) is 8.60 Å². The molecule has 0 aliphatic heterocycles. The molecular formula is C24H31FN8OS2. The van der Waals surface area contributed by atoms with Crippen LogP contribution in [-0.4, -0.2) is 59.6 Å². The Hall–Kier alpha value is -2.80. The van der Waals surface area contributed by atoms with Gasteiger partial charge in [0.25, 0.3) is 0 Å². The monoisotopic (exact) mass is 530 g/mol. The molecular weight excluding hydrogens is 499 g/mol. The fourth-order valence-corrected chi connectivity index (χ4v) is 5.77. The first-order chi connectivity index (χ1) is 17.4. The molecule has 0 radical (unpaired) electrons. The maximum Gasteiger partial charge on any atom is 0.203 e. The zero-order chi connectivity index (χ0) is 25.7. The average molecular weight is 531 g/mol. The second kappa shape index (κ2) is 12.0. The predicted octanol–water partition coefficient (Wildman–Crippen LogP) is 3.27. The summed E-state index contributed by atoms with van der Waals surface area (Å²) in [5.74, 6) is 1.10. The Labute approximate surface area is 216 Å². The van der Waals surface area contributed by atoms with E-state index in [4.69, 9.17) is 9.97 Å². The summed E-state index contributed by atoms with van der Waals surface area (Å²) in [4.78, 5) is 17.9. The molecule has 0 amide bonds. The number of fused-ring (bicyclic) bond motifs is 1. The van der Waals surface area contributed by atoms with Gasteiger partial charge in [-0.1, -0.05) is 6.92 Å². The van der Waals surface area contributed by atoms with E-state index in [0.717, 1.165) is 58.4 Å². The second-order valence-electron chi connectivity index (χ2n) is 8.40. The zero-order valence-electron chi connectivity index (χ0n) is 20.9. The van der Waals surface area contributed by atoms with Crippen LogP contribution in [0.25, 0.3) is 10.2 Å². The highest BCUT2D eigenvalue weighted by atomic mass is 32.2. The third-order valence-electron chi connectivity index (χ3n) is 5.67. The van der Waals surface area contributed by atoms with Crippen molar-refractivity contribution < 1.29 is 8.60 Å². The van der Waals surface area contributed by atoms with Crippen molar-refractivity contribution in [1.29, 1.82) is 0 Å². The van der Waals surface area contributed by atoms with E-state index in [1.54, 1.807) is 48.2 Å². The minimum atomic E-state index is -1.29. The van der Waals surface area contributed by atoms with E-state index >= 15 is 0 Å². The zero-order valence-corrected chi connectivity index (χ0v) is 22.5. The van der Waals surface area contributed by atoms with Gasteiger partial charge in [0.2, 0.25) is 11.2 Å². The number of thiazole rings is 1. The van der Waals surface area contributed by atoms with Crippen LogP contribution in [0.1, 0.15) is 34.8 Å². The van der Waals surface area contributed by atoms with Crippen LogP contribution in [-0.2, 0) is 37.0 Å². The number of aromatic nitrogens is 5. The molecule has 192 valence electrons. The predicted molar refractivity (Wildman–Crippen MR) is 143 cm³/mol. The highest BCUT2D eigenvalue weighted by Gasteiger charge is 2.18. The van der Waals surface area contributed by atoms with Gasteiger partial charge in [-0.2, -0.15) is 0 Å². The molecule has 0 fully saturated rings. The molecule has 4 aromatic heterocycles. The number of nitrogens with zero attached hydrogens (tertiary/aromatic N) is 6. The third-order valence-corrected chi connectivity index (χ3v) is 8.18. The third kappa shape index (κ3) is 5.94. The summed E-state index contributed by atoms with van der Waals surface area (Å²) in [7, 11) is 3.60. The Bertz CT molecular complexity index is 1350. The lowest BCUT2D eigenvalue weighted by molar-refractivity contribution is 0.587. The van der Waals surface area contributed by atoms with E-state index in [2.05, 4.69) is 27.5 Å². The van der Waals surface area contributed by atoms with Crippen molar-refractivity contribution in [1.82, 2.24) is 33.5 Å². The number of halogens is 1. The number of imidazole rings is 1. The lowest BCUT2D eigenvalue weighted by Crippen LogP contribution is -2.26. The molecule has 1 unspecified atom stereocenters. The molecule has 0 aliphatic rings. The van der Waals surface area contributed by atoms with Gasteiger partial charge < -0.3 is 10.6 Å². The molecule has 1 atom stereocenters. The smallest absolute Gasteiger partial charge is 0.203 e. The summed E-state index contributed by atoms with van der Waals surface area (Å²) >= 11 is 0.337. The fraction of sp³-hybridized carbons (Fsp3) is 0.417. The van der Waals surface area contributed by atoms with Gasteiger partial charge in [-0.15, -0.1) is 11.3 Å². The van der Waals surface area contributed by atoms with Gasteiger partial charge in [-0.25, -0.2) is 31.8 Å². The standard InChI is InChI=1S/C24H31FN8OS2/c1-5-18-16(2)33(36(34)32(3)4)21(30-18)9-12-26-13-10-22-31-23-20(35-22)8-14-28-24(23)29-15-19-17(25)7-6-11-27-19/h6-8,11,14,26H,5,9-10,12-13,15H2,1-4H3,(H,28,29). The van der Waals surface area contributed by atoms with Crippen molar-refractivity contribution in [2.45, 2.75) is 39.7 Å². The molecule has 4 aromatic rings. The minimum Gasteiger partial charge on any atom is -0.362 e. The van der Waals surface area contributed by atoms with E-state index in [1.807, 2.05) is 17.0 Å². The molecule has 0 aliphatic carbocycles. The van der Waals surface area contributed by atoms with E-state index in [0.29, 0.717) is 17.9 Å². The van der Waals surface area contributed by atoms with Crippen LogP contribution in [0.3, 0.4) is 0 Å². The number of hydrogen-bond donors (Lipinski definition) is 2. The molecule has 36 heavy (non-hydrogen) atoms. The molecule has 0 aromatic carbocycles. The molecule has 4 rings (SSSR count). The number of aryl methyl sites for hydroxylation is 1. The van der Waals surface area contributed by atoms with Crippen LogP contribution in [0.2, 0.25) is 0 Å². The molecule has 4 heterocycles. The quantitative estimate of drug-likeness (QED) is 0.271. The molecule has 2 N–H and O–H groups in total. The van der Waals surface area contributed by atoms with Gasteiger partial charge in [-0.3, -0.25) is 4.98 Å². The van der Waals surface area contributed by atoms with Crippen molar-refractivity contribution in [2.24, 2.45) is 0 Å². The Balaban J connectivity index is 1.34. The Kier molecular flexibility index (Phi) is 8.72. The first-order valence-electron chi connectivity index (χ1n) is 11.8. The van der Waals surface area contributed by atoms with Crippen molar-refractivity contribution >= 4 is 38.5 Å². The lowest BCUT2D eigenvalue weighted by Gasteiger charge is -2.14. The van der Waals surface area contributed by atoms with E-state index < -0.39 is 11.2 Å². The summed E-state index contributed by atoms with van der Waals surface area (Å²) in [6.45, 7) is 5.75. The van der Waals surface area contributed by atoms with Gasteiger partial charge in [0.05, 0.1) is 33.3 Å². The van der Waals surface area contributed by atoms with Gasteiger partial charge in [-0.05, 0) is 31.5 Å². The van der Waals surface area contributed by atoms with Gasteiger partial charge in [0.15, 0.2) is 5.82 Å². The molecule has 0 bridgehead atoms. The van der Waals surface area contributed by atoms with Gasteiger partial charge >= 0.3 is 0 Å². The number of rotatable bonds is 12. The number of anilines is 1. The highest BCUT2D eigenvalue weighted by molar-refractivity contribution is 7.81. The van der Waals surface area contributed by atoms with Crippen LogP contribution < -0.4 is 10.6 Å². The first-order valence-corrected chi connectivity index (χ1v) is 13.7. The first kappa shape index (κ1) is 26.3. The van der Waals surface area contributed by atoms with Crippen LogP contribution in [0, 0.1) is 12.7 Å². The summed E-state index contributed by atoms with van der Waals surface area (Å²) in [6.07, 6.45) is 5.56. The van der Waals surface area contributed by atoms with Crippen LogP contribution >= 0.6 is 11.3 Å². The van der Waals surface area contributed by atoms with Crippen LogP contribution in [0.4, 0.5) is 10.2 Å². The Morgan fingerprint density at radius 3 is 2.67 bits per heavy atom. The van der Waals surface area contributed by atoms with Crippen molar-refractivity contribution in [3.05, 3.63) is 64.3 Å². The van der Waals surface area contributed by atoms with Crippen LogP contribution in [0.15, 0.2) is 30.6 Å². The fourth-order valence-electron chi connectivity index (χ4n) is 3.83. The Morgan fingerprint density at radius 2 is 1.92 bits per heavy atom. The van der Waals surface area contributed by atoms with Gasteiger partial charge in [0.1, 0.15) is 17.2 Å². The maximum atomic E-state index is 13.9. The summed E-state index contributed by atoms with van der Waals surface area (Å²) in [5, 5.41) is 7.62. The number of pyridine rings is 2. The largest absolute Gasteiger partial charge is 0.362 e.